The lowest BCUT2D eigenvalue weighted by atomic mass is 10.2. The minimum Gasteiger partial charge on any atom is -0.465 e. The SMILES string of the molecule is COC(=O)c1cc(CN(C)C(=O)Cc2csc(N3CCCC3=O)n2)oc1C. The Balaban J connectivity index is 1.60. The van der Waals surface area contributed by atoms with Crippen molar-refractivity contribution in [1.82, 2.24) is 9.88 Å². The van der Waals surface area contributed by atoms with Gasteiger partial charge in [0.15, 0.2) is 5.13 Å². The van der Waals surface area contributed by atoms with Crippen molar-refractivity contribution in [3.8, 4) is 0 Å². The number of aryl methyl sites for hydroxylation is 1. The molecule has 1 fully saturated rings. The van der Waals surface area contributed by atoms with Gasteiger partial charge in [-0.25, -0.2) is 9.78 Å². The van der Waals surface area contributed by atoms with Crippen LogP contribution in [0.3, 0.4) is 0 Å². The van der Waals surface area contributed by atoms with Gasteiger partial charge < -0.3 is 14.1 Å². The van der Waals surface area contributed by atoms with Gasteiger partial charge in [0, 0.05) is 25.4 Å². The van der Waals surface area contributed by atoms with Crippen LogP contribution in [-0.4, -0.2) is 48.4 Å². The quantitative estimate of drug-likeness (QED) is 0.701. The number of aromatic nitrogens is 1. The van der Waals surface area contributed by atoms with E-state index in [0.29, 0.717) is 40.9 Å². The van der Waals surface area contributed by atoms with Crippen LogP contribution in [0.25, 0.3) is 0 Å². The molecule has 0 N–H and O–H groups in total. The van der Waals surface area contributed by atoms with Crippen LogP contribution >= 0.6 is 11.3 Å². The molecule has 2 aromatic heterocycles. The Bertz CT molecular complexity index is 872. The van der Waals surface area contributed by atoms with Crippen molar-refractivity contribution < 1.29 is 23.5 Å². The molecule has 9 heteroatoms. The number of carbonyl (C=O) groups excluding carboxylic acids is 3. The van der Waals surface area contributed by atoms with Crippen LogP contribution in [0.5, 0.6) is 0 Å². The van der Waals surface area contributed by atoms with Crippen molar-refractivity contribution >= 4 is 34.3 Å². The monoisotopic (exact) mass is 391 g/mol. The molecule has 0 saturated carbocycles. The lowest BCUT2D eigenvalue weighted by Crippen LogP contribution is -2.28. The normalized spacial score (nSPS) is 13.9. The molecule has 1 aliphatic rings. The first-order chi connectivity index (χ1) is 12.9. The Kier molecular flexibility index (Phi) is 5.59. The maximum Gasteiger partial charge on any atom is 0.341 e. The number of anilines is 1. The Morgan fingerprint density at radius 1 is 1.44 bits per heavy atom. The zero-order valence-electron chi connectivity index (χ0n) is 15.5. The number of rotatable bonds is 6. The zero-order valence-corrected chi connectivity index (χ0v) is 16.3. The van der Waals surface area contributed by atoms with Crippen LogP contribution in [0.1, 0.15) is 40.4 Å². The summed E-state index contributed by atoms with van der Waals surface area (Å²) in [4.78, 5) is 43.5. The Labute approximate surface area is 160 Å². The largest absolute Gasteiger partial charge is 0.465 e. The number of furan rings is 1. The van der Waals surface area contributed by atoms with E-state index in [1.54, 1.807) is 30.3 Å². The summed E-state index contributed by atoms with van der Waals surface area (Å²) in [5.74, 6) is 0.438. The summed E-state index contributed by atoms with van der Waals surface area (Å²) in [7, 11) is 2.97. The number of esters is 1. The third-order valence-corrected chi connectivity index (χ3v) is 5.28. The maximum absolute atomic E-state index is 12.5. The average Bonchev–Trinajstić information content (AvgIpc) is 3.34. The van der Waals surface area contributed by atoms with Crippen molar-refractivity contribution in [3.05, 3.63) is 34.2 Å². The highest BCUT2D eigenvalue weighted by Gasteiger charge is 2.25. The van der Waals surface area contributed by atoms with Crippen LogP contribution in [0.2, 0.25) is 0 Å². The van der Waals surface area contributed by atoms with Crippen LogP contribution in [0.15, 0.2) is 15.9 Å². The summed E-state index contributed by atoms with van der Waals surface area (Å²) >= 11 is 1.37. The highest BCUT2D eigenvalue weighted by Crippen LogP contribution is 2.25. The predicted molar refractivity (Wildman–Crippen MR) is 98.7 cm³/mol. The van der Waals surface area contributed by atoms with E-state index in [2.05, 4.69) is 4.98 Å². The van der Waals surface area contributed by atoms with Crippen LogP contribution in [0.4, 0.5) is 5.13 Å². The summed E-state index contributed by atoms with van der Waals surface area (Å²) in [6.07, 6.45) is 1.52. The van der Waals surface area contributed by atoms with Crippen molar-refractivity contribution in [2.75, 3.05) is 25.6 Å². The van der Waals surface area contributed by atoms with Crippen LogP contribution in [0, 0.1) is 6.92 Å². The molecule has 0 spiro atoms. The summed E-state index contributed by atoms with van der Waals surface area (Å²) < 4.78 is 10.2. The van der Waals surface area contributed by atoms with Crippen LogP contribution in [-0.2, 0) is 27.3 Å². The van der Waals surface area contributed by atoms with Crippen LogP contribution < -0.4 is 4.90 Å². The second kappa shape index (κ2) is 7.91. The van der Waals surface area contributed by atoms with E-state index in [-0.39, 0.29) is 24.8 Å². The molecule has 0 aliphatic carbocycles. The summed E-state index contributed by atoms with van der Waals surface area (Å²) in [5.41, 5.74) is 0.991. The number of carbonyl (C=O) groups is 3. The molecule has 144 valence electrons. The molecule has 27 heavy (non-hydrogen) atoms. The molecule has 2 aromatic rings. The highest BCUT2D eigenvalue weighted by atomic mass is 32.1. The standard InChI is InChI=1S/C18H21N3O5S/c1-11-14(17(24)25-3)8-13(26-11)9-20(2)16(23)7-12-10-27-18(19-12)21-6-4-5-15(21)22/h8,10H,4-7,9H2,1-3H3. The van der Waals surface area contributed by atoms with Crippen molar-refractivity contribution in [2.24, 2.45) is 0 Å². The third kappa shape index (κ3) is 4.19. The number of hydrogen-bond acceptors (Lipinski definition) is 7. The van der Waals surface area contributed by atoms with Crippen molar-refractivity contribution in [1.29, 1.82) is 0 Å². The van der Waals surface area contributed by atoms with Crippen molar-refractivity contribution in [2.45, 2.75) is 32.7 Å². The van der Waals surface area contributed by atoms with E-state index in [0.717, 1.165) is 6.42 Å². The molecule has 0 unspecified atom stereocenters. The molecule has 0 aromatic carbocycles. The molecule has 2 amide bonds. The first kappa shape index (κ1) is 19.1. The van der Waals surface area contributed by atoms with Gasteiger partial charge in [-0.3, -0.25) is 14.5 Å². The van der Waals surface area contributed by atoms with E-state index in [9.17, 15) is 14.4 Å². The number of nitrogens with zero attached hydrogens (tertiary/aromatic N) is 3. The molecule has 0 radical (unpaired) electrons. The fourth-order valence-corrected chi connectivity index (χ4v) is 3.77. The second-order valence-corrected chi connectivity index (χ2v) is 7.21. The topological polar surface area (TPSA) is 93.0 Å². The average molecular weight is 391 g/mol. The molecular formula is C18H21N3O5S. The zero-order chi connectivity index (χ0) is 19.6. The summed E-state index contributed by atoms with van der Waals surface area (Å²) in [6, 6.07) is 1.59. The smallest absolute Gasteiger partial charge is 0.341 e. The number of likely N-dealkylation sites (N-methyl/N-ethyl adjacent to an activating group) is 1. The van der Waals surface area contributed by atoms with Crippen molar-refractivity contribution in [3.63, 3.8) is 0 Å². The van der Waals surface area contributed by atoms with Gasteiger partial charge in [0.05, 0.1) is 25.8 Å². The number of amides is 2. The van der Waals surface area contributed by atoms with E-state index in [1.165, 1.54) is 23.3 Å². The van der Waals surface area contributed by atoms with Gasteiger partial charge in [-0.05, 0) is 19.4 Å². The predicted octanol–water partition coefficient (Wildman–Crippen LogP) is 2.16. The summed E-state index contributed by atoms with van der Waals surface area (Å²) in [6.45, 7) is 2.59. The minimum absolute atomic E-state index is 0.0777. The van der Waals surface area contributed by atoms with Gasteiger partial charge >= 0.3 is 5.97 Å². The van der Waals surface area contributed by atoms with E-state index in [1.807, 2.05) is 0 Å². The third-order valence-electron chi connectivity index (χ3n) is 4.37. The van der Waals surface area contributed by atoms with Gasteiger partial charge in [0.2, 0.25) is 11.8 Å². The number of ether oxygens (including phenoxy) is 1. The van der Waals surface area contributed by atoms with Gasteiger partial charge in [-0.1, -0.05) is 0 Å². The van der Waals surface area contributed by atoms with Gasteiger partial charge in [0.25, 0.3) is 0 Å². The molecule has 1 saturated heterocycles. The molecule has 3 rings (SSSR count). The lowest BCUT2D eigenvalue weighted by molar-refractivity contribution is -0.130. The van der Waals surface area contributed by atoms with E-state index in [4.69, 9.17) is 9.15 Å². The first-order valence-corrected chi connectivity index (χ1v) is 9.43. The first-order valence-electron chi connectivity index (χ1n) is 8.55. The Morgan fingerprint density at radius 3 is 2.89 bits per heavy atom. The molecule has 0 atom stereocenters. The molecule has 1 aliphatic heterocycles. The summed E-state index contributed by atoms with van der Waals surface area (Å²) in [5, 5.41) is 2.45. The lowest BCUT2D eigenvalue weighted by Gasteiger charge is -2.15. The molecule has 0 bridgehead atoms. The van der Waals surface area contributed by atoms with Gasteiger partial charge in [-0.15, -0.1) is 11.3 Å². The molecular weight excluding hydrogens is 370 g/mol. The van der Waals surface area contributed by atoms with Gasteiger partial charge in [-0.2, -0.15) is 0 Å². The Hall–Kier alpha value is -2.68. The second-order valence-electron chi connectivity index (χ2n) is 6.37. The maximum atomic E-state index is 12.5. The molecule has 3 heterocycles. The number of thiazole rings is 1. The number of hydrogen-bond donors (Lipinski definition) is 0. The van der Waals surface area contributed by atoms with E-state index >= 15 is 0 Å². The fourth-order valence-electron chi connectivity index (χ4n) is 2.90. The highest BCUT2D eigenvalue weighted by molar-refractivity contribution is 7.14. The fraction of sp³-hybridized carbons (Fsp3) is 0.444. The van der Waals surface area contributed by atoms with E-state index < -0.39 is 5.97 Å². The van der Waals surface area contributed by atoms with Gasteiger partial charge in [0.1, 0.15) is 17.1 Å². The Morgan fingerprint density at radius 2 is 2.22 bits per heavy atom. The minimum atomic E-state index is -0.469. The number of methoxy groups -OCH3 is 1. The molecule has 8 nitrogen and oxygen atoms in total.